The van der Waals surface area contributed by atoms with Crippen LogP contribution in [0.1, 0.15) is 21.9 Å². The summed E-state index contributed by atoms with van der Waals surface area (Å²) in [6.07, 6.45) is 0.957. The fourth-order valence-electron chi connectivity index (χ4n) is 1.48. The quantitative estimate of drug-likeness (QED) is 0.790. The summed E-state index contributed by atoms with van der Waals surface area (Å²) in [4.78, 5) is 15.6. The molecule has 0 radical (unpaired) electrons. The van der Waals surface area contributed by atoms with Crippen LogP contribution in [0, 0.1) is 5.92 Å². The molecule has 6 heteroatoms. The Morgan fingerprint density at radius 1 is 1.75 bits per heavy atom. The predicted octanol–water partition coefficient (Wildman–Crippen LogP) is 0.795. The van der Waals surface area contributed by atoms with E-state index in [-0.39, 0.29) is 5.97 Å². The van der Waals surface area contributed by atoms with Crippen molar-refractivity contribution in [2.75, 3.05) is 19.8 Å². The molecule has 5 nitrogen and oxygen atoms in total. The third-order valence-electron chi connectivity index (χ3n) is 2.41. The van der Waals surface area contributed by atoms with Crippen LogP contribution in [-0.2, 0) is 16.0 Å². The molecule has 1 saturated heterocycles. The van der Waals surface area contributed by atoms with E-state index in [0.717, 1.165) is 18.0 Å². The van der Waals surface area contributed by atoms with E-state index in [1.807, 2.05) is 0 Å². The minimum atomic E-state index is -0.372. The number of hydrogen-bond donors (Lipinski definition) is 1. The Labute approximate surface area is 97.6 Å². The lowest BCUT2D eigenvalue weighted by Gasteiger charge is -2.07. The minimum Gasteiger partial charge on any atom is -0.461 e. The van der Waals surface area contributed by atoms with Gasteiger partial charge in [0.15, 0.2) is 5.69 Å². The molecule has 0 bridgehead atoms. The van der Waals surface area contributed by atoms with E-state index in [4.69, 9.17) is 15.2 Å². The second kappa shape index (κ2) is 5.38. The van der Waals surface area contributed by atoms with Gasteiger partial charge in [0.05, 0.1) is 13.2 Å². The van der Waals surface area contributed by atoms with Crippen LogP contribution in [0.4, 0.5) is 0 Å². The number of ether oxygens (including phenoxy) is 2. The van der Waals surface area contributed by atoms with E-state index in [2.05, 4.69) is 4.98 Å². The maximum Gasteiger partial charge on any atom is 0.357 e. The maximum atomic E-state index is 11.6. The summed E-state index contributed by atoms with van der Waals surface area (Å²) in [5.41, 5.74) is 5.77. The highest BCUT2D eigenvalue weighted by Gasteiger charge is 2.19. The third kappa shape index (κ3) is 2.78. The molecule has 2 N–H and O–H groups in total. The molecule has 1 unspecified atom stereocenters. The summed E-state index contributed by atoms with van der Waals surface area (Å²) in [6.45, 7) is 2.21. The van der Waals surface area contributed by atoms with Crippen molar-refractivity contribution in [1.29, 1.82) is 0 Å². The number of nitrogens with two attached hydrogens (primary N) is 1. The van der Waals surface area contributed by atoms with E-state index < -0.39 is 0 Å². The first-order chi connectivity index (χ1) is 7.79. The van der Waals surface area contributed by atoms with E-state index in [9.17, 15) is 4.79 Å². The van der Waals surface area contributed by atoms with Gasteiger partial charge in [0.1, 0.15) is 5.01 Å². The van der Waals surface area contributed by atoms with Gasteiger partial charge < -0.3 is 15.2 Å². The molecule has 88 valence electrons. The molecule has 1 aliphatic rings. The lowest BCUT2D eigenvalue weighted by Crippen LogP contribution is -2.14. The number of thiazole rings is 1. The fourth-order valence-corrected chi connectivity index (χ4v) is 2.12. The number of aromatic nitrogens is 1. The van der Waals surface area contributed by atoms with Gasteiger partial charge in [-0.05, 0) is 6.42 Å². The Hall–Kier alpha value is -0.980. The fraction of sp³-hybridized carbons (Fsp3) is 0.600. The van der Waals surface area contributed by atoms with Gasteiger partial charge >= 0.3 is 5.97 Å². The second-order valence-electron chi connectivity index (χ2n) is 3.66. The van der Waals surface area contributed by atoms with Crippen molar-refractivity contribution in [3.05, 3.63) is 16.1 Å². The van der Waals surface area contributed by atoms with Crippen LogP contribution in [0.25, 0.3) is 0 Å². The van der Waals surface area contributed by atoms with E-state index in [0.29, 0.717) is 31.4 Å². The highest BCUT2D eigenvalue weighted by Crippen LogP contribution is 2.14. The van der Waals surface area contributed by atoms with Gasteiger partial charge in [-0.25, -0.2) is 9.78 Å². The van der Waals surface area contributed by atoms with E-state index >= 15 is 0 Å². The van der Waals surface area contributed by atoms with Gasteiger partial charge in [0, 0.05) is 24.4 Å². The molecular formula is C10H14N2O3S. The lowest BCUT2D eigenvalue weighted by molar-refractivity contribution is 0.0422. The van der Waals surface area contributed by atoms with Crippen LogP contribution in [0.2, 0.25) is 0 Å². The number of carbonyl (C=O) groups excluding carboxylic acids is 1. The highest BCUT2D eigenvalue weighted by atomic mass is 32.1. The van der Waals surface area contributed by atoms with Crippen molar-refractivity contribution in [3.63, 3.8) is 0 Å². The Morgan fingerprint density at radius 2 is 2.62 bits per heavy atom. The Bertz CT molecular complexity index is 361. The first-order valence-electron chi connectivity index (χ1n) is 5.19. The molecule has 1 fully saturated rings. The maximum absolute atomic E-state index is 11.6. The molecule has 2 rings (SSSR count). The number of esters is 1. The molecule has 16 heavy (non-hydrogen) atoms. The summed E-state index contributed by atoms with van der Waals surface area (Å²) in [7, 11) is 0. The van der Waals surface area contributed by atoms with Gasteiger partial charge in [-0.2, -0.15) is 0 Å². The summed E-state index contributed by atoms with van der Waals surface area (Å²) in [6, 6.07) is 0. The van der Waals surface area contributed by atoms with E-state index in [1.54, 1.807) is 5.38 Å². The zero-order valence-electron chi connectivity index (χ0n) is 8.85. The number of hydrogen-bond acceptors (Lipinski definition) is 6. The molecule has 0 aliphatic carbocycles. The van der Waals surface area contributed by atoms with Crippen LogP contribution in [-0.4, -0.2) is 30.8 Å². The Morgan fingerprint density at radius 3 is 3.25 bits per heavy atom. The second-order valence-corrected chi connectivity index (χ2v) is 4.60. The van der Waals surface area contributed by atoms with Crippen LogP contribution in [0.5, 0.6) is 0 Å². The Kier molecular flexibility index (Phi) is 3.87. The summed E-state index contributed by atoms with van der Waals surface area (Å²) in [5, 5.41) is 2.42. The number of nitrogens with zero attached hydrogens (tertiary/aromatic N) is 1. The molecule has 1 aromatic heterocycles. The molecule has 1 aromatic rings. The highest BCUT2D eigenvalue weighted by molar-refractivity contribution is 7.09. The molecule has 0 aromatic carbocycles. The van der Waals surface area contributed by atoms with Crippen LogP contribution >= 0.6 is 11.3 Å². The van der Waals surface area contributed by atoms with Crippen LogP contribution < -0.4 is 5.73 Å². The minimum absolute atomic E-state index is 0.330. The zero-order valence-corrected chi connectivity index (χ0v) is 9.66. The third-order valence-corrected chi connectivity index (χ3v) is 3.28. The van der Waals surface area contributed by atoms with E-state index in [1.165, 1.54) is 11.3 Å². The topological polar surface area (TPSA) is 74.4 Å². The predicted molar refractivity (Wildman–Crippen MR) is 59.2 cm³/mol. The van der Waals surface area contributed by atoms with Crippen LogP contribution in [0.3, 0.4) is 0 Å². The number of rotatable bonds is 4. The standard InChI is InChI=1S/C10H14N2O3S/c11-3-9-12-8(6-16-9)10(13)15-5-7-1-2-14-4-7/h6-7H,1-5,11H2. The largest absolute Gasteiger partial charge is 0.461 e. The van der Waals surface area contributed by atoms with Gasteiger partial charge in [0.2, 0.25) is 0 Å². The zero-order chi connectivity index (χ0) is 11.4. The van der Waals surface area contributed by atoms with Gasteiger partial charge in [0.25, 0.3) is 0 Å². The molecule has 1 atom stereocenters. The van der Waals surface area contributed by atoms with Crippen molar-refractivity contribution < 1.29 is 14.3 Å². The molecule has 0 saturated carbocycles. The lowest BCUT2D eigenvalue weighted by atomic mass is 10.1. The summed E-state index contributed by atoms with van der Waals surface area (Å²) < 4.78 is 10.3. The smallest absolute Gasteiger partial charge is 0.357 e. The summed E-state index contributed by atoms with van der Waals surface area (Å²) in [5.74, 6) is -0.0422. The SMILES string of the molecule is NCc1nc(C(=O)OCC2CCOC2)cs1. The van der Waals surface area contributed by atoms with Crippen molar-refractivity contribution in [2.24, 2.45) is 11.7 Å². The van der Waals surface area contributed by atoms with Crippen molar-refractivity contribution in [1.82, 2.24) is 4.98 Å². The average Bonchev–Trinajstić information content (AvgIpc) is 2.96. The number of carbonyl (C=O) groups is 1. The summed E-state index contributed by atoms with van der Waals surface area (Å²) >= 11 is 1.37. The molecule has 2 heterocycles. The van der Waals surface area contributed by atoms with Crippen molar-refractivity contribution in [2.45, 2.75) is 13.0 Å². The normalized spacial score (nSPS) is 19.9. The first kappa shape index (κ1) is 11.5. The van der Waals surface area contributed by atoms with Gasteiger partial charge in [-0.15, -0.1) is 11.3 Å². The average molecular weight is 242 g/mol. The molecule has 0 amide bonds. The molecular weight excluding hydrogens is 228 g/mol. The Balaban J connectivity index is 1.82. The molecule has 0 spiro atoms. The van der Waals surface area contributed by atoms with Gasteiger partial charge in [-0.1, -0.05) is 0 Å². The van der Waals surface area contributed by atoms with Crippen molar-refractivity contribution >= 4 is 17.3 Å². The molecule has 1 aliphatic heterocycles. The van der Waals surface area contributed by atoms with Crippen LogP contribution in [0.15, 0.2) is 5.38 Å². The first-order valence-corrected chi connectivity index (χ1v) is 6.07. The van der Waals surface area contributed by atoms with Crippen molar-refractivity contribution in [3.8, 4) is 0 Å². The monoisotopic (exact) mass is 242 g/mol. The van der Waals surface area contributed by atoms with Gasteiger partial charge in [-0.3, -0.25) is 0 Å².